The Balaban J connectivity index is 2.71. The number of halogens is 1. The van der Waals surface area contributed by atoms with Gasteiger partial charge in [-0.25, -0.2) is 0 Å². The van der Waals surface area contributed by atoms with E-state index < -0.39 is 6.10 Å². The Bertz CT molecular complexity index is 312. The number of ether oxygens (including phenoxy) is 1. The van der Waals surface area contributed by atoms with Gasteiger partial charge >= 0.3 is 0 Å². The van der Waals surface area contributed by atoms with E-state index in [0.29, 0.717) is 17.3 Å². The Labute approximate surface area is 94.8 Å². The minimum Gasteiger partial charge on any atom is -0.384 e. The lowest BCUT2D eigenvalue weighted by Crippen LogP contribution is -2.16. The lowest BCUT2D eigenvalue weighted by molar-refractivity contribution is 0.00157. The van der Waals surface area contributed by atoms with Crippen LogP contribution in [0.25, 0.3) is 0 Å². The maximum absolute atomic E-state index is 9.88. The summed E-state index contributed by atoms with van der Waals surface area (Å²) in [7, 11) is 0. The number of aliphatic hydroxyl groups excluding tert-OH is 1. The molecule has 1 aromatic rings. The molecule has 1 atom stereocenters. The van der Waals surface area contributed by atoms with Crippen molar-refractivity contribution in [1.29, 1.82) is 0 Å². The maximum atomic E-state index is 9.88. The number of aromatic nitrogens is 2. The molecule has 0 saturated heterocycles. The first-order chi connectivity index (χ1) is 7.06. The van der Waals surface area contributed by atoms with Crippen molar-refractivity contribution >= 4 is 11.6 Å². The normalized spacial score (nSPS) is 13.5. The molecule has 1 N–H and O–H groups in total. The summed E-state index contributed by atoms with van der Waals surface area (Å²) in [4.78, 5) is 0. The van der Waals surface area contributed by atoms with Crippen LogP contribution in [-0.2, 0) is 11.3 Å². The first-order valence-electron chi connectivity index (χ1n) is 5.07. The van der Waals surface area contributed by atoms with Crippen molar-refractivity contribution < 1.29 is 9.84 Å². The number of nitrogens with zero attached hydrogens (tertiary/aromatic N) is 2. The molecule has 0 saturated carbocycles. The molecule has 0 aliphatic carbocycles. The predicted octanol–water partition coefficient (Wildman–Crippen LogP) is 2.01. The zero-order chi connectivity index (χ0) is 11.4. The summed E-state index contributed by atoms with van der Waals surface area (Å²) in [6.07, 6.45) is 0.915. The molecular weight excluding hydrogens is 216 g/mol. The summed E-state index contributed by atoms with van der Waals surface area (Å²) < 4.78 is 7.01. The lowest BCUT2D eigenvalue weighted by Gasteiger charge is -2.15. The van der Waals surface area contributed by atoms with Gasteiger partial charge in [0.1, 0.15) is 6.10 Å². The lowest BCUT2D eigenvalue weighted by atomic mass is 10.2. The Morgan fingerprint density at radius 2 is 2.27 bits per heavy atom. The summed E-state index contributed by atoms with van der Waals surface area (Å²) in [6.45, 7) is 6.71. The van der Waals surface area contributed by atoms with E-state index in [1.165, 1.54) is 0 Å². The molecule has 4 nitrogen and oxygen atoms in total. The third kappa shape index (κ3) is 3.19. The van der Waals surface area contributed by atoms with E-state index in [1.807, 2.05) is 20.8 Å². The molecule has 0 spiro atoms. The van der Waals surface area contributed by atoms with Gasteiger partial charge in [-0.2, -0.15) is 5.10 Å². The molecule has 0 radical (unpaired) electrons. The minimum atomic E-state index is -0.720. The van der Waals surface area contributed by atoms with Crippen LogP contribution in [0.2, 0.25) is 5.02 Å². The number of aryl methyl sites for hydroxylation is 1. The summed E-state index contributed by atoms with van der Waals surface area (Å²) in [5.74, 6) is 0. The van der Waals surface area contributed by atoms with Gasteiger partial charge in [0.05, 0.1) is 29.6 Å². The highest BCUT2D eigenvalue weighted by molar-refractivity contribution is 6.31. The molecule has 0 amide bonds. The van der Waals surface area contributed by atoms with Crippen molar-refractivity contribution in [2.45, 2.75) is 39.5 Å². The highest BCUT2D eigenvalue weighted by Gasteiger charge is 2.17. The Morgan fingerprint density at radius 3 is 2.80 bits per heavy atom. The second-order valence-electron chi connectivity index (χ2n) is 3.59. The molecule has 0 aromatic carbocycles. The third-order valence-corrected chi connectivity index (χ3v) is 2.33. The largest absolute Gasteiger partial charge is 0.384 e. The summed E-state index contributed by atoms with van der Waals surface area (Å²) in [5.41, 5.74) is 0.625. The fraction of sp³-hybridized carbons (Fsp3) is 0.700. The van der Waals surface area contributed by atoms with Crippen molar-refractivity contribution in [1.82, 2.24) is 9.78 Å². The molecule has 0 bridgehead atoms. The van der Waals surface area contributed by atoms with Crippen molar-refractivity contribution in [3.05, 3.63) is 16.9 Å². The van der Waals surface area contributed by atoms with E-state index >= 15 is 0 Å². The van der Waals surface area contributed by atoms with Crippen LogP contribution in [0, 0.1) is 0 Å². The molecule has 1 heterocycles. The van der Waals surface area contributed by atoms with Gasteiger partial charge in [0, 0.05) is 6.54 Å². The monoisotopic (exact) mass is 232 g/mol. The van der Waals surface area contributed by atoms with E-state index in [0.717, 1.165) is 0 Å². The van der Waals surface area contributed by atoms with Crippen LogP contribution in [0.4, 0.5) is 0 Å². The smallest absolute Gasteiger partial charge is 0.120 e. The first kappa shape index (κ1) is 12.5. The van der Waals surface area contributed by atoms with Crippen molar-refractivity contribution in [2.24, 2.45) is 0 Å². The van der Waals surface area contributed by atoms with Crippen LogP contribution in [0.3, 0.4) is 0 Å². The molecule has 1 aromatic heterocycles. The van der Waals surface area contributed by atoms with Crippen molar-refractivity contribution in [3.63, 3.8) is 0 Å². The minimum absolute atomic E-state index is 0.0939. The predicted molar refractivity (Wildman–Crippen MR) is 59.0 cm³/mol. The fourth-order valence-electron chi connectivity index (χ4n) is 1.32. The molecule has 15 heavy (non-hydrogen) atoms. The van der Waals surface area contributed by atoms with E-state index in [1.54, 1.807) is 10.9 Å². The van der Waals surface area contributed by atoms with Gasteiger partial charge in [-0.3, -0.25) is 4.68 Å². The average Bonchev–Trinajstić information content (AvgIpc) is 2.56. The number of aliphatic hydroxyl groups is 1. The SMILES string of the molecule is CCn1ncc(Cl)c1C(O)COC(C)C. The van der Waals surface area contributed by atoms with Crippen molar-refractivity contribution in [2.75, 3.05) is 6.61 Å². The number of rotatable bonds is 5. The van der Waals surface area contributed by atoms with E-state index in [2.05, 4.69) is 5.10 Å². The van der Waals surface area contributed by atoms with Gasteiger partial charge in [0.25, 0.3) is 0 Å². The molecule has 86 valence electrons. The summed E-state index contributed by atoms with van der Waals surface area (Å²) in [5, 5.41) is 14.4. The molecule has 0 aliphatic rings. The Morgan fingerprint density at radius 1 is 1.60 bits per heavy atom. The average molecular weight is 233 g/mol. The third-order valence-electron chi connectivity index (χ3n) is 2.04. The van der Waals surface area contributed by atoms with Crippen LogP contribution in [0.5, 0.6) is 0 Å². The zero-order valence-electron chi connectivity index (χ0n) is 9.27. The topological polar surface area (TPSA) is 47.3 Å². The fourth-order valence-corrected chi connectivity index (χ4v) is 1.58. The molecular formula is C10H17ClN2O2. The van der Waals surface area contributed by atoms with E-state index in [-0.39, 0.29) is 12.7 Å². The van der Waals surface area contributed by atoms with Crippen LogP contribution >= 0.6 is 11.6 Å². The van der Waals surface area contributed by atoms with Crippen LogP contribution in [0.1, 0.15) is 32.6 Å². The highest BCUT2D eigenvalue weighted by Crippen LogP contribution is 2.23. The van der Waals surface area contributed by atoms with E-state index in [9.17, 15) is 5.11 Å². The first-order valence-corrected chi connectivity index (χ1v) is 5.44. The van der Waals surface area contributed by atoms with Crippen molar-refractivity contribution in [3.8, 4) is 0 Å². The summed E-state index contributed by atoms with van der Waals surface area (Å²) in [6, 6.07) is 0. The summed E-state index contributed by atoms with van der Waals surface area (Å²) >= 11 is 5.94. The van der Waals surface area contributed by atoms with Crippen LogP contribution in [-0.4, -0.2) is 27.6 Å². The Hall–Kier alpha value is -0.580. The second-order valence-corrected chi connectivity index (χ2v) is 4.00. The van der Waals surface area contributed by atoms with Gasteiger partial charge in [-0.15, -0.1) is 0 Å². The van der Waals surface area contributed by atoms with Gasteiger partial charge in [0.2, 0.25) is 0 Å². The standard InChI is InChI=1S/C10H17ClN2O2/c1-4-13-10(8(11)5-12-13)9(14)6-15-7(2)3/h5,7,9,14H,4,6H2,1-3H3. The van der Waals surface area contributed by atoms with Crippen LogP contribution < -0.4 is 0 Å². The van der Waals surface area contributed by atoms with E-state index in [4.69, 9.17) is 16.3 Å². The number of hydrogen-bond acceptors (Lipinski definition) is 3. The molecule has 1 rings (SSSR count). The van der Waals surface area contributed by atoms with Gasteiger partial charge in [-0.1, -0.05) is 11.6 Å². The molecule has 0 aliphatic heterocycles. The molecule has 0 fully saturated rings. The quantitative estimate of drug-likeness (QED) is 0.845. The maximum Gasteiger partial charge on any atom is 0.120 e. The molecule has 5 heteroatoms. The van der Waals surface area contributed by atoms with Gasteiger partial charge in [0.15, 0.2) is 0 Å². The Kier molecular flexibility index (Phi) is 4.57. The zero-order valence-corrected chi connectivity index (χ0v) is 10.0. The second kappa shape index (κ2) is 5.49. The van der Waals surface area contributed by atoms with Gasteiger partial charge < -0.3 is 9.84 Å². The molecule has 1 unspecified atom stereocenters. The van der Waals surface area contributed by atoms with Gasteiger partial charge in [-0.05, 0) is 20.8 Å². The number of hydrogen-bond donors (Lipinski definition) is 1. The highest BCUT2D eigenvalue weighted by atomic mass is 35.5. The van der Waals surface area contributed by atoms with Crippen LogP contribution in [0.15, 0.2) is 6.20 Å².